The van der Waals surface area contributed by atoms with Crippen molar-refractivity contribution in [3.63, 3.8) is 0 Å². The lowest BCUT2D eigenvalue weighted by atomic mass is 10.1. The quantitative estimate of drug-likeness (QED) is 0.702. The number of nitrogens with zero attached hydrogens (tertiary/aromatic N) is 2. The van der Waals surface area contributed by atoms with E-state index in [2.05, 4.69) is 58.6 Å². The van der Waals surface area contributed by atoms with Crippen LogP contribution in [0.1, 0.15) is 35.3 Å². The van der Waals surface area contributed by atoms with E-state index in [0.29, 0.717) is 17.7 Å². The van der Waals surface area contributed by atoms with Crippen molar-refractivity contribution < 1.29 is 12.9 Å². The van der Waals surface area contributed by atoms with E-state index in [1.807, 2.05) is 18.2 Å². The highest BCUT2D eigenvalue weighted by Gasteiger charge is 2.43. The van der Waals surface area contributed by atoms with E-state index >= 15 is 0 Å². The number of rotatable bonds is 3. The predicted octanol–water partition coefficient (Wildman–Crippen LogP) is 2.79. The van der Waals surface area contributed by atoms with E-state index in [-0.39, 0.29) is 0 Å². The summed E-state index contributed by atoms with van der Waals surface area (Å²) in [6, 6.07) is 18.7. The van der Waals surface area contributed by atoms with Crippen molar-refractivity contribution in [2.24, 2.45) is 5.14 Å². The first kappa shape index (κ1) is 17.3. The van der Waals surface area contributed by atoms with Crippen molar-refractivity contribution in [3.8, 4) is 11.4 Å². The molecule has 1 fully saturated rings. The molecule has 6 nitrogen and oxygen atoms in total. The van der Waals surface area contributed by atoms with Crippen LogP contribution in [0.15, 0.2) is 59.1 Å². The van der Waals surface area contributed by atoms with Gasteiger partial charge in [0.2, 0.25) is 11.7 Å². The second-order valence-corrected chi connectivity index (χ2v) is 6.54. The van der Waals surface area contributed by atoms with Gasteiger partial charge in [-0.3, -0.25) is 0 Å². The van der Waals surface area contributed by atoms with Gasteiger partial charge < -0.3 is 4.52 Å². The Bertz CT molecular complexity index is 914. The van der Waals surface area contributed by atoms with Crippen LogP contribution in [-0.4, -0.2) is 18.6 Å². The summed E-state index contributed by atoms with van der Waals surface area (Å²) < 4.78 is 23.1. The fraction of sp³-hybridized carbons (Fsp3) is 0.222. The van der Waals surface area contributed by atoms with E-state index in [4.69, 9.17) is 12.9 Å². The first-order valence-electron chi connectivity index (χ1n) is 7.89. The SMILES string of the molecule is Cc1cccc(-c2noc([C@@H]3C[C@H]3c3ccccc3)n2)c1.N[SH](=O)=O. The fourth-order valence-corrected chi connectivity index (χ4v) is 2.82. The Balaban J connectivity index is 0.000000415. The molecule has 1 heterocycles. The van der Waals surface area contributed by atoms with E-state index in [1.54, 1.807) is 0 Å². The number of aryl methyl sites for hydroxylation is 1. The molecule has 0 radical (unpaired) electrons. The molecule has 0 unspecified atom stereocenters. The molecule has 2 atom stereocenters. The van der Waals surface area contributed by atoms with Crippen LogP contribution in [0.2, 0.25) is 0 Å². The first-order valence-corrected chi connectivity index (χ1v) is 9.14. The number of hydrogen-bond acceptors (Lipinski definition) is 5. The van der Waals surface area contributed by atoms with Crippen LogP contribution in [-0.2, 0) is 10.9 Å². The Morgan fingerprint density at radius 1 is 1.08 bits per heavy atom. The van der Waals surface area contributed by atoms with Crippen molar-refractivity contribution in [2.45, 2.75) is 25.2 Å². The molecule has 0 amide bonds. The third-order valence-electron chi connectivity index (χ3n) is 4.05. The van der Waals surface area contributed by atoms with Crippen LogP contribution in [0.4, 0.5) is 0 Å². The van der Waals surface area contributed by atoms with Gasteiger partial charge in [-0.15, -0.1) is 0 Å². The van der Waals surface area contributed by atoms with Gasteiger partial charge in [0.25, 0.3) is 0 Å². The van der Waals surface area contributed by atoms with Gasteiger partial charge in [-0.2, -0.15) is 4.98 Å². The molecule has 3 aromatic rings. The van der Waals surface area contributed by atoms with Crippen molar-refractivity contribution in [3.05, 3.63) is 71.6 Å². The van der Waals surface area contributed by atoms with E-state index < -0.39 is 10.9 Å². The molecule has 7 heteroatoms. The second kappa shape index (κ2) is 7.58. The lowest BCUT2D eigenvalue weighted by Gasteiger charge is -1.96. The minimum Gasteiger partial charge on any atom is -0.339 e. The molecule has 0 spiro atoms. The van der Waals surface area contributed by atoms with Crippen LogP contribution >= 0.6 is 0 Å². The van der Waals surface area contributed by atoms with Crippen molar-refractivity contribution in [2.75, 3.05) is 0 Å². The van der Waals surface area contributed by atoms with Gasteiger partial charge in [-0.1, -0.05) is 59.3 Å². The van der Waals surface area contributed by atoms with Crippen LogP contribution in [0.25, 0.3) is 11.4 Å². The molecule has 0 bridgehead atoms. The molecule has 4 rings (SSSR count). The smallest absolute Gasteiger partial charge is 0.230 e. The third-order valence-corrected chi connectivity index (χ3v) is 4.05. The minimum absolute atomic E-state index is 0.374. The number of nitrogens with two attached hydrogens (primary N) is 1. The summed E-state index contributed by atoms with van der Waals surface area (Å²) in [6.07, 6.45) is 1.10. The van der Waals surface area contributed by atoms with Gasteiger partial charge in [0.15, 0.2) is 10.9 Å². The van der Waals surface area contributed by atoms with Crippen molar-refractivity contribution in [1.29, 1.82) is 0 Å². The molecular formula is C18H19N3O3S. The Kier molecular flexibility index (Phi) is 5.25. The van der Waals surface area contributed by atoms with E-state index in [9.17, 15) is 0 Å². The molecule has 0 saturated heterocycles. The lowest BCUT2D eigenvalue weighted by Crippen LogP contribution is -1.85. The van der Waals surface area contributed by atoms with Gasteiger partial charge in [0.1, 0.15) is 0 Å². The summed E-state index contributed by atoms with van der Waals surface area (Å²) in [5.41, 5.74) is 3.58. The average molecular weight is 357 g/mol. The average Bonchev–Trinajstić information content (AvgIpc) is 3.24. The molecule has 2 aromatic carbocycles. The highest BCUT2D eigenvalue weighted by molar-refractivity contribution is 7.69. The molecular weight excluding hydrogens is 338 g/mol. The first-order chi connectivity index (χ1) is 12.0. The van der Waals surface area contributed by atoms with Gasteiger partial charge in [-0.05, 0) is 30.9 Å². The van der Waals surface area contributed by atoms with Gasteiger partial charge >= 0.3 is 0 Å². The van der Waals surface area contributed by atoms with Gasteiger partial charge in [0, 0.05) is 11.5 Å². The summed E-state index contributed by atoms with van der Waals surface area (Å²) >= 11 is 0. The number of aromatic nitrogens is 2. The van der Waals surface area contributed by atoms with Crippen molar-refractivity contribution in [1.82, 2.24) is 10.1 Å². The molecule has 1 aliphatic rings. The second-order valence-electron chi connectivity index (χ2n) is 5.97. The highest BCUT2D eigenvalue weighted by Crippen LogP contribution is 2.54. The molecule has 1 saturated carbocycles. The van der Waals surface area contributed by atoms with Gasteiger partial charge in [0.05, 0.1) is 0 Å². The maximum Gasteiger partial charge on any atom is 0.230 e. The standard InChI is InChI=1S/C18H16N2O.H3NO2S/c1-12-6-5-9-14(10-12)17-19-18(21-20-17)16-11-15(16)13-7-3-2-4-8-13;1-4(2)3/h2-10,15-16H,11H2,1H3;4H,(H2,1,2,3)/t15-,16+;/m0./s1. The maximum absolute atomic E-state index is 8.81. The van der Waals surface area contributed by atoms with Crippen LogP contribution in [0.5, 0.6) is 0 Å². The zero-order valence-electron chi connectivity index (χ0n) is 13.7. The number of benzene rings is 2. The van der Waals surface area contributed by atoms with Crippen LogP contribution in [0, 0.1) is 6.92 Å². The summed E-state index contributed by atoms with van der Waals surface area (Å²) in [4.78, 5) is 4.58. The predicted molar refractivity (Wildman–Crippen MR) is 95.5 cm³/mol. The molecule has 130 valence electrons. The zero-order chi connectivity index (χ0) is 17.8. The summed E-state index contributed by atoms with van der Waals surface area (Å²) in [5.74, 6) is 2.35. The largest absolute Gasteiger partial charge is 0.339 e. The Hall–Kier alpha value is -2.51. The number of thiol groups is 1. The minimum atomic E-state index is -2.62. The zero-order valence-corrected chi connectivity index (χ0v) is 14.6. The lowest BCUT2D eigenvalue weighted by molar-refractivity contribution is 0.378. The number of hydrogen-bond donors (Lipinski definition) is 2. The maximum atomic E-state index is 8.81. The van der Waals surface area contributed by atoms with Gasteiger partial charge in [-0.25, -0.2) is 13.6 Å². The molecule has 25 heavy (non-hydrogen) atoms. The van der Waals surface area contributed by atoms with Crippen LogP contribution < -0.4 is 5.14 Å². The van der Waals surface area contributed by atoms with E-state index in [0.717, 1.165) is 17.9 Å². The monoisotopic (exact) mass is 357 g/mol. The van der Waals surface area contributed by atoms with E-state index in [1.165, 1.54) is 11.1 Å². The summed E-state index contributed by atoms with van der Waals surface area (Å²) in [7, 11) is -2.62. The molecule has 2 N–H and O–H groups in total. The Labute approximate surface area is 147 Å². The summed E-state index contributed by atoms with van der Waals surface area (Å²) in [6.45, 7) is 2.07. The molecule has 1 aromatic heterocycles. The Morgan fingerprint density at radius 2 is 1.80 bits per heavy atom. The molecule has 0 aliphatic heterocycles. The topological polar surface area (TPSA) is 99.1 Å². The third kappa shape index (κ3) is 4.52. The fourth-order valence-electron chi connectivity index (χ4n) is 2.82. The Morgan fingerprint density at radius 3 is 2.48 bits per heavy atom. The normalized spacial score (nSPS) is 18.5. The highest BCUT2D eigenvalue weighted by atomic mass is 32.2. The summed E-state index contributed by atoms with van der Waals surface area (Å²) in [5, 5.41) is 8.20. The van der Waals surface area contributed by atoms with Crippen molar-refractivity contribution >= 4 is 10.9 Å². The molecule has 1 aliphatic carbocycles. The van der Waals surface area contributed by atoms with Crippen LogP contribution in [0.3, 0.4) is 0 Å².